The third kappa shape index (κ3) is 3.44. The number of carbonyl (C=O) groups is 1. The molecule has 11 heteroatoms. The molecule has 8 nitrogen and oxygen atoms in total. The smallest absolute Gasteiger partial charge is 0.284 e. The summed E-state index contributed by atoms with van der Waals surface area (Å²) in [5.41, 5.74) is 0.182. The van der Waals surface area contributed by atoms with E-state index in [4.69, 9.17) is 0 Å². The molecule has 0 unspecified atom stereocenters. The van der Waals surface area contributed by atoms with Crippen LogP contribution in [0.1, 0.15) is 15.9 Å². The standard InChI is InChI=1S/C18H13F2N5O3S/c1-23-9-21-22-18(23)29-16-3-2-10(6-15(16)25(27)28)17(26)24-5-4-12-13(20)7-11(19)8-14(12)24/h2-3,6-9H,4-5H2,1H3. The number of carbonyl (C=O) groups excluding carboxylic acids is 1. The first kappa shape index (κ1) is 19.0. The summed E-state index contributed by atoms with van der Waals surface area (Å²) in [7, 11) is 1.70. The van der Waals surface area contributed by atoms with E-state index < -0.39 is 22.5 Å². The van der Waals surface area contributed by atoms with Gasteiger partial charge in [-0.05, 0) is 36.4 Å². The molecule has 2 aromatic carbocycles. The maximum atomic E-state index is 13.9. The van der Waals surface area contributed by atoms with Crippen LogP contribution in [0.3, 0.4) is 0 Å². The minimum absolute atomic E-state index is 0.0523. The molecule has 29 heavy (non-hydrogen) atoms. The maximum absolute atomic E-state index is 13.9. The SMILES string of the molecule is Cn1cnnc1Sc1ccc(C(=O)N2CCc3c(F)cc(F)cc32)cc1[N+](=O)[O-]. The van der Waals surface area contributed by atoms with E-state index in [9.17, 15) is 23.7 Å². The van der Waals surface area contributed by atoms with Crippen molar-refractivity contribution in [2.45, 2.75) is 16.5 Å². The number of aromatic nitrogens is 3. The highest BCUT2D eigenvalue weighted by Crippen LogP contribution is 2.36. The summed E-state index contributed by atoms with van der Waals surface area (Å²) < 4.78 is 29.2. The van der Waals surface area contributed by atoms with Gasteiger partial charge in [-0.3, -0.25) is 14.9 Å². The molecule has 148 valence electrons. The highest BCUT2D eigenvalue weighted by atomic mass is 32.2. The third-order valence-electron chi connectivity index (χ3n) is 4.53. The number of benzene rings is 2. The lowest BCUT2D eigenvalue weighted by molar-refractivity contribution is -0.387. The molecule has 1 aliphatic rings. The number of amides is 1. The zero-order valence-electron chi connectivity index (χ0n) is 15.0. The van der Waals surface area contributed by atoms with Crippen LogP contribution >= 0.6 is 11.8 Å². The summed E-state index contributed by atoms with van der Waals surface area (Å²) in [6.07, 6.45) is 1.71. The summed E-state index contributed by atoms with van der Waals surface area (Å²) in [6.45, 7) is 0.164. The number of anilines is 1. The molecule has 0 radical (unpaired) electrons. The monoisotopic (exact) mass is 417 g/mol. The summed E-state index contributed by atoms with van der Waals surface area (Å²) in [4.78, 5) is 25.4. The lowest BCUT2D eigenvalue weighted by Crippen LogP contribution is -2.29. The molecule has 2 heterocycles. The summed E-state index contributed by atoms with van der Waals surface area (Å²) in [6, 6.07) is 5.93. The molecule has 0 spiro atoms. The Labute approximate surface area is 167 Å². The van der Waals surface area contributed by atoms with Crippen molar-refractivity contribution in [1.82, 2.24) is 14.8 Å². The van der Waals surface area contributed by atoms with Crippen LogP contribution in [0, 0.1) is 21.7 Å². The van der Waals surface area contributed by atoms with Crippen molar-refractivity contribution in [3.8, 4) is 0 Å². The highest BCUT2D eigenvalue weighted by molar-refractivity contribution is 7.99. The van der Waals surface area contributed by atoms with Crippen LogP contribution in [0.4, 0.5) is 20.2 Å². The van der Waals surface area contributed by atoms with E-state index >= 15 is 0 Å². The first-order valence-corrected chi connectivity index (χ1v) is 9.27. The van der Waals surface area contributed by atoms with Crippen LogP contribution in [-0.4, -0.2) is 32.1 Å². The number of hydrogen-bond donors (Lipinski definition) is 0. The molecular formula is C18H13F2N5O3S. The average Bonchev–Trinajstić information content (AvgIpc) is 3.28. The Bertz CT molecular complexity index is 1150. The zero-order chi connectivity index (χ0) is 20.7. The minimum Gasteiger partial charge on any atom is -0.311 e. The van der Waals surface area contributed by atoms with E-state index in [1.807, 2.05) is 0 Å². The number of hydrogen-bond acceptors (Lipinski definition) is 6. The van der Waals surface area contributed by atoms with E-state index in [1.54, 1.807) is 11.6 Å². The number of nitrogens with zero attached hydrogens (tertiary/aromatic N) is 5. The Kier molecular flexibility index (Phi) is 4.74. The normalized spacial score (nSPS) is 12.9. The van der Waals surface area contributed by atoms with Crippen LogP contribution in [0.5, 0.6) is 0 Å². The summed E-state index contributed by atoms with van der Waals surface area (Å²) in [5, 5.41) is 19.6. The molecule has 4 rings (SSSR count). The van der Waals surface area contributed by atoms with Gasteiger partial charge in [0.15, 0.2) is 5.16 Å². The zero-order valence-corrected chi connectivity index (χ0v) is 15.8. The van der Waals surface area contributed by atoms with Crippen LogP contribution in [0.25, 0.3) is 0 Å². The molecule has 3 aromatic rings. The van der Waals surface area contributed by atoms with Crippen molar-refractivity contribution in [2.24, 2.45) is 7.05 Å². The van der Waals surface area contributed by atoms with Crippen molar-refractivity contribution in [3.05, 3.63) is 69.5 Å². The third-order valence-corrected chi connectivity index (χ3v) is 5.65. The predicted octanol–water partition coefficient (Wildman–Crippen LogP) is 3.36. The first-order valence-electron chi connectivity index (χ1n) is 8.45. The van der Waals surface area contributed by atoms with Crippen molar-refractivity contribution < 1.29 is 18.5 Å². The Balaban J connectivity index is 1.68. The Morgan fingerprint density at radius 1 is 1.28 bits per heavy atom. The van der Waals surface area contributed by atoms with Gasteiger partial charge >= 0.3 is 0 Å². The highest BCUT2D eigenvalue weighted by Gasteiger charge is 2.30. The summed E-state index contributed by atoms with van der Waals surface area (Å²) in [5.74, 6) is -2.06. The fraction of sp³-hybridized carbons (Fsp3) is 0.167. The van der Waals surface area contributed by atoms with Gasteiger partial charge in [-0.1, -0.05) is 0 Å². The van der Waals surface area contributed by atoms with Gasteiger partial charge in [-0.15, -0.1) is 10.2 Å². The molecule has 0 N–H and O–H groups in total. The van der Waals surface area contributed by atoms with Gasteiger partial charge in [0.05, 0.1) is 15.5 Å². The fourth-order valence-corrected chi connectivity index (χ4v) is 3.98. The number of halogens is 2. The Morgan fingerprint density at radius 3 is 2.76 bits per heavy atom. The summed E-state index contributed by atoms with van der Waals surface area (Å²) >= 11 is 1.04. The molecule has 0 bridgehead atoms. The van der Waals surface area contributed by atoms with E-state index in [0.717, 1.165) is 30.0 Å². The molecular weight excluding hydrogens is 404 g/mol. The van der Waals surface area contributed by atoms with Crippen molar-refractivity contribution in [3.63, 3.8) is 0 Å². The molecule has 0 fully saturated rings. The number of fused-ring (bicyclic) bond motifs is 1. The number of nitro benzene ring substituents is 1. The molecule has 1 aromatic heterocycles. The van der Waals surface area contributed by atoms with Gasteiger partial charge in [0.25, 0.3) is 11.6 Å². The van der Waals surface area contributed by atoms with Crippen LogP contribution in [0.15, 0.2) is 46.7 Å². The molecule has 0 saturated heterocycles. The Morgan fingerprint density at radius 2 is 2.07 bits per heavy atom. The average molecular weight is 417 g/mol. The second-order valence-electron chi connectivity index (χ2n) is 6.36. The van der Waals surface area contributed by atoms with Gasteiger partial charge in [0.2, 0.25) is 0 Å². The number of nitro groups is 1. The van der Waals surface area contributed by atoms with E-state index in [1.165, 1.54) is 23.4 Å². The largest absolute Gasteiger partial charge is 0.311 e. The lowest BCUT2D eigenvalue weighted by Gasteiger charge is -2.17. The first-order chi connectivity index (χ1) is 13.8. The van der Waals surface area contributed by atoms with Crippen molar-refractivity contribution in [2.75, 3.05) is 11.4 Å². The minimum atomic E-state index is -0.789. The van der Waals surface area contributed by atoms with Crippen LogP contribution < -0.4 is 4.90 Å². The fourth-order valence-electron chi connectivity index (χ4n) is 3.13. The second kappa shape index (κ2) is 7.24. The predicted molar refractivity (Wildman–Crippen MR) is 100.0 cm³/mol. The molecule has 0 saturated carbocycles. The van der Waals surface area contributed by atoms with Gasteiger partial charge in [-0.2, -0.15) is 0 Å². The topological polar surface area (TPSA) is 94.2 Å². The van der Waals surface area contributed by atoms with Crippen molar-refractivity contribution >= 4 is 29.0 Å². The van der Waals surface area contributed by atoms with Gasteiger partial charge in [0.1, 0.15) is 18.0 Å². The quantitative estimate of drug-likeness (QED) is 0.477. The van der Waals surface area contributed by atoms with Gasteiger partial charge in [-0.25, -0.2) is 8.78 Å². The number of rotatable bonds is 4. The molecule has 0 atom stereocenters. The molecule has 0 aliphatic carbocycles. The van der Waals surface area contributed by atoms with Crippen molar-refractivity contribution in [1.29, 1.82) is 0 Å². The molecule has 1 aliphatic heterocycles. The Hall–Kier alpha value is -3.34. The number of aryl methyl sites for hydroxylation is 1. The van der Waals surface area contributed by atoms with Crippen LogP contribution in [0.2, 0.25) is 0 Å². The van der Waals surface area contributed by atoms with E-state index in [-0.39, 0.29) is 35.5 Å². The second-order valence-corrected chi connectivity index (χ2v) is 7.37. The maximum Gasteiger partial charge on any atom is 0.284 e. The van der Waals surface area contributed by atoms with E-state index in [2.05, 4.69) is 10.2 Å². The van der Waals surface area contributed by atoms with Crippen LogP contribution in [-0.2, 0) is 13.5 Å². The van der Waals surface area contributed by atoms with E-state index in [0.29, 0.717) is 10.1 Å². The lowest BCUT2D eigenvalue weighted by atomic mass is 10.1. The van der Waals surface area contributed by atoms with Gasteiger partial charge < -0.3 is 9.47 Å². The molecule has 1 amide bonds. The van der Waals surface area contributed by atoms with Gasteiger partial charge in [0, 0.05) is 36.9 Å².